The van der Waals surface area contributed by atoms with Crippen LogP contribution < -0.4 is 15.5 Å². The number of aryl methyl sites for hydroxylation is 1. The van der Waals surface area contributed by atoms with Crippen LogP contribution in [0, 0.1) is 6.92 Å². The molecule has 2 heterocycles. The molecular weight excluding hydrogens is 685 g/mol. The molecule has 0 amide bonds. The van der Waals surface area contributed by atoms with Crippen LogP contribution in [0.5, 0.6) is 0 Å². The Morgan fingerprint density at radius 1 is 0.727 bits per heavy atom. The SMILES string of the molecule is C1=C(c2ccccc2)C1c1ccccc1.C=C/C(C1=Cc2c(n(-c3ccc(C)cc3)c3ccccc23)CC1)=c1/sc2ccccc2/c1=C/C.CC.CC.CN. The van der Waals surface area contributed by atoms with Gasteiger partial charge in [0.05, 0.1) is 5.52 Å². The first-order valence-electron chi connectivity index (χ1n) is 19.8. The molecule has 280 valence electrons. The standard InChI is InChI=1S/C32H27NS.C15H12.2C2H6.CH5N/c1-4-24(32-25(5-2)27-11-7-9-13-31(27)34-32)22-16-19-30-28(20-22)26-10-6-8-12-29(26)33(30)23-17-14-21(3)15-18-23;1-3-7-12(8-4-1)14-11-15(14)13-9-5-2-6-10-13;3*1-2/h4-15,17-18,20H,1,16,19H2,2-3H3;1-11,14H;2*1-2H3;2H2,1H3/b25-5-,32-24-;;;;. The summed E-state index contributed by atoms with van der Waals surface area (Å²) in [5.74, 6) is 0.550. The monoisotopic (exact) mass is 740 g/mol. The Kier molecular flexibility index (Phi) is 14.6. The smallest absolute Gasteiger partial charge is 0.0537 e. The largest absolute Gasteiger partial charge is 0.333 e. The van der Waals surface area contributed by atoms with Crippen LogP contribution >= 0.6 is 11.3 Å². The lowest BCUT2D eigenvalue weighted by Crippen LogP contribution is -2.22. The number of allylic oxidation sites excluding steroid dienone is 4. The molecule has 1 unspecified atom stereocenters. The maximum Gasteiger partial charge on any atom is 0.0537 e. The minimum absolute atomic E-state index is 0.550. The summed E-state index contributed by atoms with van der Waals surface area (Å²) >= 11 is 1.88. The highest BCUT2D eigenvalue weighted by Crippen LogP contribution is 2.46. The van der Waals surface area contributed by atoms with Crippen molar-refractivity contribution in [3.63, 3.8) is 0 Å². The van der Waals surface area contributed by atoms with Gasteiger partial charge in [0.1, 0.15) is 0 Å². The summed E-state index contributed by atoms with van der Waals surface area (Å²) in [7, 11) is 1.50. The van der Waals surface area contributed by atoms with Gasteiger partial charge in [0, 0.05) is 37.5 Å². The van der Waals surface area contributed by atoms with Crippen molar-refractivity contribution in [2.45, 2.75) is 60.3 Å². The fourth-order valence-electron chi connectivity index (χ4n) is 7.32. The number of aromatic nitrogens is 1. The van der Waals surface area contributed by atoms with Gasteiger partial charge in [-0.05, 0) is 103 Å². The van der Waals surface area contributed by atoms with Crippen LogP contribution in [-0.2, 0) is 6.42 Å². The summed E-state index contributed by atoms with van der Waals surface area (Å²) in [5.41, 5.74) is 17.9. The molecule has 0 saturated carbocycles. The maximum atomic E-state index is 4.50. The summed E-state index contributed by atoms with van der Waals surface area (Å²) in [6.45, 7) is 16.5. The summed E-state index contributed by atoms with van der Waals surface area (Å²) in [6, 6.07) is 47.6. The maximum absolute atomic E-state index is 4.50. The van der Waals surface area contributed by atoms with Crippen LogP contribution in [0.3, 0.4) is 0 Å². The first kappa shape index (κ1) is 40.7. The van der Waals surface area contributed by atoms with E-state index in [2.05, 4.69) is 188 Å². The molecule has 55 heavy (non-hydrogen) atoms. The van der Waals surface area contributed by atoms with Gasteiger partial charge in [-0.2, -0.15) is 0 Å². The molecule has 2 aliphatic carbocycles. The molecule has 0 radical (unpaired) electrons. The van der Waals surface area contributed by atoms with E-state index >= 15 is 0 Å². The van der Waals surface area contributed by atoms with Crippen LogP contribution in [-0.4, -0.2) is 11.6 Å². The predicted molar refractivity (Wildman–Crippen MR) is 246 cm³/mol. The fraction of sp³-hybridized carbons (Fsp3) is 0.192. The molecule has 5 aromatic carbocycles. The predicted octanol–water partition coefficient (Wildman–Crippen LogP) is 12.8. The van der Waals surface area contributed by atoms with Gasteiger partial charge < -0.3 is 10.3 Å². The Morgan fingerprint density at radius 3 is 1.98 bits per heavy atom. The Labute approximate surface area is 333 Å². The normalized spacial score (nSPS) is 14.5. The minimum Gasteiger partial charge on any atom is -0.333 e. The molecule has 3 heteroatoms. The number of fused-ring (bicyclic) bond motifs is 4. The lowest BCUT2D eigenvalue weighted by atomic mass is 9.91. The van der Waals surface area contributed by atoms with Crippen molar-refractivity contribution in [3.8, 4) is 5.69 Å². The first-order valence-corrected chi connectivity index (χ1v) is 20.6. The zero-order chi connectivity index (χ0) is 39.3. The highest BCUT2D eigenvalue weighted by Gasteiger charge is 2.27. The number of hydrogen-bond donors (Lipinski definition) is 1. The van der Waals surface area contributed by atoms with Gasteiger partial charge >= 0.3 is 0 Å². The highest BCUT2D eigenvalue weighted by atomic mass is 32.1. The van der Waals surface area contributed by atoms with Gasteiger partial charge in [-0.1, -0.05) is 167 Å². The average Bonchev–Trinajstić information content (AvgIpc) is 3.90. The Hall–Kier alpha value is -5.48. The molecule has 0 fully saturated rings. The van der Waals surface area contributed by atoms with E-state index in [9.17, 15) is 0 Å². The third-order valence-electron chi connectivity index (χ3n) is 9.81. The van der Waals surface area contributed by atoms with Crippen molar-refractivity contribution in [3.05, 3.63) is 195 Å². The topological polar surface area (TPSA) is 30.9 Å². The second-order valence-electron chi connectivity index (χ2n) is 12.8. The van der Waals surface area contributed by atoms with Gasteiger partial charge in [-0.15, -0.1) is 11.3 Å². The van der Waals surface area contributed by atoms with E-state index in [4.69, 9.17) is 0 Å². The molecular formula is C52H56N2S. The van der Waals surface area contributed by atoms with E-state index in [1.807, 2.05) is 39.0 Å². The number of rotatable bonds is 5. The van der Waals surface area contributed by atoms with Crippen molar-refractivity contribution < 1.29 is 0 Å². The second kappa shape index (κ2) is 19.7. The Morgan fingerprint density at radius 2 is 1.33 bits per heavy atom. The van der Waals surface area contributed by atoms with E-state index in [0.717, 1.165) is 12.8 Å². The number of hydrogen-bond acceptors (Lipinski definition) is 2. The first-order chi connectivity index (χ1) is 27.1. The van der Waals surface area contributed by atoms with E-state index in [-0.39, 0.29) is 0 Å². The highest BCUT2D eigenvalue weighted by molar-refractivity contribution is 7.17. The lowest BCUT2D eigenvalue weighted by molar-refractivity contribution is 0.872. The lowest BCUT2D eigenvalue weighted by Gasteiger charge is -2.18. The van der Waals surface area contributed by atoms with Gasteiger partial charge in [-0.3, -0.25) is 0 Å². The average molecular weight is 741 g/mol. The van der Waals surface area contributed by atoms with Crippen LogP contribution in [0.25, 0.3) is 50.0 Å². The van der Waals surface area contributed by atoms with Crippen molar-refractivity contribution in [1.82, 2.24) is 4.57 Å². The van der Waals surface area contributed by atoms with Crippen LogP contribution in [0.4, 0.5) is 0 Å². The number of thiophene rings is 1. The van der Waals surface area contributed by atoms with Gasteiger partial charge in [-0.25, -0.2) is 0 Å². The Balaban J connectivity index is 0.000000230. The van der Waals surface area contributed by atoms with E-state index in [1.54, 1.807) is 0 Å². The molecule has 7 aromatic rings. The van der Waals surface area contributed by atoms with Crippen LogP contribution in [0.2, 0.25) is 0 Å². The molecule has 0 saturated heterocycles. The zero-order valence-electron chi connectivity index (χ0n) is 33.6. The Bertz CT molecular complexity index is 2510. The zero-order valence-corrected chi connectivity index (χ0v) is 34.5. The third kappa shape index (κ3) is 8.75. The molecule has 9 rings (SSSR count). The third-order valence-corrected chi connectivity index (χ3v) is 11.0. The number of para-hydroxylation sites is 1. The summed E-state index contributed by atoms with van der Waals surface area (Å²) < 4.78 is 5.11. The van der Waals surface area contributed by atoms with E-state index in [1.165, 1.54) is 88.1 Å². The number of nitrogens with zero attached hydrogens (tertiary/aromatic N) is 1. The van der Waals surface area contributed by atoms with E-state index < -0.39 is 0 Å². The molecule has 2 nitrogen and oxygen atoms in total. The number of nitrogens with two attached hydrogens (primary N) is 1. The summed E-state index contributed by atoms with van der Waals surface area (Å²) in [5, 5.41) is 3.97. The molecule has 2 aromatic heterocycles. The molecule has 0 aliphatic heterocycles. The molecule has 0 bridgehead atoms. The van der Waals surface area contributed by atoms with Gasteiger partial charge in [0.15, 0.2) is 0 Å². The molecule has 2 N–H and O–H groups in total. The van der Waals surface area contributed by atoms with Crippen LogP contribution in [0.15, 0.2) is 158 Å². The van der Waals surface area contributed by atoms with Crippen molar-refractivity contribution >= 4 is 55.6 Å². The minimum atomic E-state index is 0.550. The van der Waals surface area contributed by atoms with Crippen molar-refractivity contribution in [1.29, 1.82) is 0 Å². The molecule has 1 atom stereocenters. The van der Waals surface area contributed by atoms with E-state index in [0.29, 0.717) is 5.92 Å². The van der Waals surface area contributed by atoms with Crippen molar-refractivity contribution in [2.75, 3.05) is 7.05 Å². The van der Waals surface area contributed by atoms with Gasteiger partial charge in [0.2, 0.25) is 0 Å². The quantitative estimate of drug-likeness (QED) is 0.187. The fourth-order valence-corrected chi connectivity index (χ4v) is 8.64. The van der Waals surface area contributed by atoms with Crippen molar-refractivity contribution in [2.24, 2.45) is 5.73 Å². The molecule has 0 spiro atoms. The summed E-state index contributed by atoms with van der Waals surface area (Å²) in [6.07, 6.45) is 11.1. The second-order valence-corrected chi connectivity index (χ2v) is 13.9. The van der Waals surface area contributed by atoms with Gasteiger partial charge in [0.25, 0.3) is 0 Å². The van der Waals surface area contributed by atoms with Crippen LogP contribution in [0.1, 0.15) is 74.9 Å². The molecule has 2 aliphatic rings. The number of benzene rings is 5. The summed E-state index contributed by atoms with van der Waals surface area (Å²) in [4.78, 5) is 0.